The molecule has 3 N–H and O–H groups in total. The van der Waals surface area contributed by atoms with Gasteiger partial charge in [-0.1, -0.05) is 20.8 Å². The number of anilines is 2. The quantitative estimate of drug-likeness (QED) is 0.425. The predicted molar refractivity (Wildman–Crippen MR) is 141 cm³/mol. The van der Waals surface area contributed by atoms with Crippen molar-refractivity contribution in [3.63, 3.8) is 0 Å². The minimum Gasteiger partial charge on any atom is -0.497 e. The fourth-order valence-corrected chi connectivity index (χ4v) is 7.54. The van der Waals surface area contributed by atoms with E-state index in [1.165, 1.54) is 4.88 Å². The first-order chi connectivity index (χ1) is 17.2. The van der Waals surface area contributed by atoms with E-state index < -0.39 is 6.10 Å². The molecule has 1 aromatic carbocycles. The van der Waals surface area contributed by atoms with E-state index in [0.29, 0.717) is 18.9 Å². The molecule has 36 heavy (non-hydrogen) atoms. The molecule has 1 amide bonds. The SMILES string of the molecule is COCCNC(=O)C(C)C1CCC2(C)Cc3sc(Nc4cc(OC)ccc4OC)nc3C(C)C2C1O. The van der Waals surface area contributed by atoms with E-state index in [2.05, 4.69) is 24.5 Å². The molecule has 4 rings (SSSR count). The third kappa shape index (κ3) is 5.06. The Hall–Kier alpha value is -2.36. The first-order valence-corrected chi connectivity index (χ1v) is 13.5. The van der Waals surface area contributed by atoms with E-state index in [4.69, 9.17) is 19.2 Å². The van der Waals surface area contributed by atoms with E-state index in [0.717, 1.165) is 41.5 Å². The molecule has 2 aliphatic carbocycles. The number of aliphatic hydroxyl groups excluding tert-OH is 1. The Morgan fingerprint density at radius 2 is 2.08 bits per heavy atom. The monoisotopic (exact) mass is 517 g/mol. The van der Waals surface area contributed by atoms with Crippen LogP contribution >= 0.6 is 11.3 Å². The number of ether oxygens (including phenoxy) is 3. The Kier molecular flexibility index (Phi) is 8.12. The van der Waals surface area contributed by atoms with Crippen LogP contribution in [0.25, 0.3) is 0 Å². The van der Waals surface area contributed by atoms with Gasteiger partial charge in [-0.25, -0.2) is 4.98 Å². The van der Waals surface area contributed by atoms with Gasteiger partial charge < -0.3 is 30.0 Å². The van der Waals surface area contributed by atoms with Crippen LogP contribution < -0.4 is 20.1 Å². The number of rotatable bonds is 9. The van der Waals surface area contributed by atoms with E-state index in [1.807, 2.05) is 25.1 Å². The van der Waals surface area contributed by atoms with Crippen molar-refractivity contribution in [2.24, 2.45) is 23.2 Å². The number of methoxy groups -OCH3 is 3. The average Bonchev–Trinajstić information content (AvgIpc) is 3.25. The maximum absolute atomic E-state index is 12.7. The predicted octanol–water partition coefficient (Wildman–Crippen LogP) is 4.36. The van der Waals surface area contributed by atoms with Crippen LogP contribution in [0.15, 0.2) is 18.2 Å². The Morgan fingerprint density at radius 1 is 1.31 bits per heavy atom. The summed E-state index contributed by atoms with van der Waals surface area (Å²) in [6.07, 6.45) is 2.12. The van der Waals surface area contributed by atoms with E-state index in [-0.39, 0.29) is 35.0 Å². The zero-order chi connectivity index (χ0) is 26.0. The number of amides is 1. The topological polar surface area (TPSA) is 102 Å². The Labute approximate surface area is 217 Å². The van der Waals surface area contributed by atoms with E-state index >= 15 is 0 Å². The molecule has 1 fully saturated rings. The van der Waals surface area contributed by atoms with Crippen molar-refractivity contribution in [1.82, 2.24) is 10.3 Å². The lowest BCUT2D eigenvalue weighted by atomic mass is 9.53. The molecule has 2 aromatic rings. The van der Waals surface area contributed by atoms with Crippen LogP contribution in [0.4, 0.5) is 10.8 Å². The van der Waals surface area contributed by atoms with Crippen LogP contribution in [0.2, 0.25) is 0 Å². The molecule has 1 saturated carbocycles. The third-order valence-corrected chi connectivity index (χ3v) is 9.22. The minimum absolute atomic E-state index is 0.0174. The second-order valence-electron chi connectivity index (χ2n) is 10.4. The molecule has 0 saturated heterocycles. The maximum Gasteiger partial charge on any atom is 0.223 e. The van der Waals surface area contributed by atoms with Crippen LogP contribution in [0, 0.1) is 23.2 Å². The maximum atomic E-state index is 12.7. The lowest BCUT2D eigenvalue weighted by Crippen LogP contribution is -2.53. The largest absolute Gasteiger partial charge is 0.497 e. The molecule has 0 aliphatic heterocycles. The summed E-state index contributed by atoms with van der Waals surface area (Å²) in [5.74, 6) is 1.22. The van der Waals surface area contributed by atoms with E-state index in [9.17, 15) is 9.90 Å². The summed E-state index contributed by atoms with van der Waals surface area (Å²) in [6, 6.07) is 5.63. The highest BCUT2D eigenvalue weighted by molar-refractivity contribution is 7.15. The molecular weight excluding hydrogens is 478 g/mol. The van der Waals surface area contributed by atoms with Crippen LogP contribution in [0.1, 0.15) is 50.1 Å². The molecule has 9 heteroatoms. The number of aliphatic hydroxyl groups is 1. The summed E-state index contributed by atoms with van der Waals surface area (Å²) in [4.78, 5) is 19.0. The third-order valence-electron chi connectivity index (χ3n) is 8.23. The van der Waals surface area contributed by atoms with Gasteiger partial charge in [-0.05, 0) is 48.6 Å². The highest BCUT2D eigenvalue weighted by Gasteiger charge is 2.53. The molecule has 0 spiro atoms. The second kappa shape index (κ2) is 10.9. The van der Waals surface area contributed by atoms with Crippen LogP contribution in [0.3, 0.4) is 0 Å². The highest BCUT2D eigenvalue weighted by atomic mass is 32.1. The molecule has 2 aliphatic rings. The molecule has 0 radical (unpaired) electrons. The van der Waals surface area contributed by atoms with Crippen molar-refractivity contribution in [3.05, 3.63) is 28.8 Å². The first-order valence-electron chi connectivity index (χ1n) is 12.7. The van der Waals surface area contributed by atoms with Crippen LogP contribution in [-0.2, 0) is 16.0 Å². The number of carbonyl (C=O) groups is 1. The van der Waals surface area contributed by atoms with E-state index in [1.54, 1.807) is 32.7 Å². The van der Waals surface area contributed by atoms with Gasteiger partial charge in [0.15, 0.2) is 5.13 Å². The second-order valence-corrected chi connectivity index (χ2v) is 11.5. The Balaban J connectivity index is 1.55. The summed E-state index contributed by atoms with van der Waals surface area (Å²) in [5.41, 5.74) is 1.81. The van der Waals surface area contributed by atoms with Crippen molar-refractivity contribution in [2.75, 3.05) is 39.8 Å². The van der Waals surface area contributed by atoms with Crippen molar-refractivity contribution in [3.8, 4) is 11.5 Å². The fraction of sp³-hybridized carbons (Fsp3) is 0.630. The van der Waals surface area contributed by atoms with Gasteiger partial charge in [-0.15, -0.1) is 11.3 Å². The number of hydrogen-bond donors (Lipinski definition) is 3. The normalized spacial score (nSPS) is 28.0. The van der Waals surface area contributed by atoms with Gasteiger partial charge in [-0.2, -0.15) is 0 Å². The smallest absolute Gasteiger partial charge is 0.223 e. The van der Waals surface area contributed by atoms with Gasteiger partial charge in [-0.3, -0.25) is 4.79 Å². The molecule has 0 bridgehead atoms. The fourth-order valence-electron chi connectivity index (χ4n) is 6.26. The van der Waals surface area contributed by atoms with Gasteiger partial charge in [0.2, 0.25) is 5.91 Å². The molecule has 6 atom stereocenters. The number of thiazole rings is 1. The number of carbonyl (C=O) groups excluding carboxylic acids is 1. The van der Waals surface area contributed by atoms with Crippen LogP contribution in [-0.4, -0.2) is 56.6 Å². The summed E-state index contributed by atoms with van der Waals surface area (Å²) < 4.78 is 15.9. The van der Waals surface area contributed by atoms with Crippen LogP contribution in [0.5, 0.6) is 11.5 Å². The van der Waals surface area contributed by atoms with Crippen molar-refractivity contribution < 1.29 is 24.1 Å². The molecule has 1 heterocycles. The van der Waals surface area contributed by atoms with Crippen molar-refractivity contribution in [1.29, 1.82) is 0 Å². The number of benzene rings is 1. The lowest BCUT2D eigenvalue weighted by Gasteiger charge is -2.53. The molecule has 6 unspecified atom stereocenters. The van der Waals surface area contributed by atoms with Gasteiger partial charge >= 0.3 is 0 Å². The lowest BCUT2D eigenvalue weighted by molar-refractivity contribution is -0.135. The summed E-state index contributed by atoms with van der Waals surface area (Å²) >= 11 is 1.67. The summed E-state index contributed by atoms with van der Waals surface area (Å²) in [6.45, 7) is 7.36. The molecular formula is C27H39N3O5S. The zero-order valence-electron chi connectivity index (χ0n) is 22.1. The summed E-state index contributed by atoms with van der Waals surface area (Å²) in [5, 5.41) is 18.8. The van der Waals surface area contributed by atoms with Gasteiger partial charge in [0.1, 0.15) is 11.5 Å². The number of fused-ring (bicyclic) bond motifs is 2. The summed E-state index contributed by atoms with van der Waals surface area (Å²) in [7, 11) is 4.90. The number of aromatic nitrogens is 1. The first kappa shape index (κ1) is 26.7. The van der Waals surface area contributed by atoms with Gasteiger partial charge in [0.25, 0.3) is 0 Å². The number of nitrogens with zero attached hydrogens (tertiary/aromatic N) is 1. The number of hydrogen-bond acceptors (Lipinski definition) is 8. The number of nitrogens with one attached hydrogen (secondary N) is 2. The Bertz CT molecular complexity index is 1080. The standard InChI is InChI=1S/C27H39N3O5S/c1-15(25(32)28-11-12-33-4)18-9-10-27(3)14-21-23(16(2)22(27)24(18)31)30-26(36-21)29-19-13-17(34-5)7-8-20(19)35-6/h7-8,13,15-16,18,22,24,31H,9-12,14H2,1-6H3,(H,28,32)(H,29,30). The Morgan fingerprint density at radius 3 is 2.78 bits per heavy atom. The highest BCUT2D eigenvalue weighted by Crippen LogP contribution is 2.57. The van der Waals surface area contributed by atoms with Gasteiger partial charge in [0, 0.05) is 36.4 Å². The minimum atomic E-state index is -0.563. The molecule has 8 nitrogen and oxygen atoms in total. The van der Waals surface area contributed by atoms with Crippen molar-refractivity contribution in [2.45, 2.75) is 52.1 Å². The average molecular weight is 518 g/mol. The van der Waals surface area contributed by atoms with Gasteiger partial charge in [0.05, 0.1) is 38.3 Å². The zero-order valence-corrected chi connectivity index (χ0v) is 22.9. The molecule has 1 aromatic heterocycles. The van der Waals surface area contributed by atoms with Crippen molar-refractivity contribution >= 4 is 28.1 Å². The molecule has 198 valence electrons.